The lowest BCUT2D eigenvalue weighted by molar-refractivity contribution is 0.792. The fraction of sp³-hybridized carbons (Fsp3) is 0.333. The summed E-state index contributed by atoms with van der Waals surface area (Å²) in [6.45, 7) is 3.36. The maximum absolute atomic E-state index is 2.42. The summed E-state index contributed by atoms with van der Waals surface area (Å²) in [6, 6.07) is 8.62. The molecule has 0 saturated heterocycles. The molecule has 1 nitrogen and oxygen atoms in total. The summed E-state index contributed by atoms with van der Waals surface area (Å²) < 4.78 is 0. The summed E-state index contributed by atoms with van der Waals surface area (Å²) >= 11 is 3.62. The summed E-state index contributed by atoms with van der Waals surface area (Å²) in [5, 5.41) is 6.99. The standard InChI is InChI=1S/C12H15NS2/c1-2-3-8-13(11-6-4-9-14-11)12-7-5-10-15-12/h4-7,9-10H,2-3,8H2,1H3. The molecule has 0 amide bonds. The van der Waals surface area contributed by atoms with Crippen LogP contribution in [-0.2, 0) is 0 Å². The van der Waals surface area contributed by atoms with Crippen molar-refractivity contribution < 1.29 is 0 Å². The monoisotopic (exact) mass is 237 g/mol. The van der Waals surface area contributed by atoms with Gasteiger partial charge < -0.3 is 4.90 Å². The van der Waals surface area contributed by atoms with Crippen LogP contribution in [0.3, 0.4) is 0 Å². The second-order valence-corrected chi connectivity index (χ2v) is 5.26. The lowest BCUT2D eigenvalue weighted by Crippen LogP contribution is -2.15. The van der Waals surface area contributed by atoms with E-state index >= 15 is 0 Å². The largest absolute Gasteiger partial charge is 0.325 e. The van der Waals surface area contributed by atoms with Gasteiger partial charge in [0.1, 0.15) is 0 Å². The van der Waals surface area contributed by atoms with Crippen molar-refractivity contribution in [3.05, 3.63) is 35.0 Å². The maximum Gasteiger partial charge on any atom is 0.0959 e. The molecule has 0 aliphatic heterocycles. The van der Waals surface area contributed by atoms with Crippen molar-refractivity contribution in [1.82, 2.24) is 0 Å². The Morgan fingerprint density at radius 1 is 1.07 bits per heavy atom. The number of unbranched alkanes of at least 4 members (excludes halogenated alkanes) is 1. The third-order valence-corrected chi connectivity index (χ3v) is 4.06. The number of hydrogen-bond donors (Lipinski definition) is 0. The lowest BCUT2D eigenvalue weighted by Gasteiger charge is -2.20. The molecule has 0 fully saturated rings. The van der Waals surface area contributed by atoms with Crippen molar-refractivity contribution in [2.45, 2.75) is 19.8 Å². The molecule has 0 saturated carbocycles. The van der Waals surface area contributed by atoms with Crippen LogP contribution in [0.5, 0.6) is 0 Å². The molecular formula is C12H15NS2. The van der Waals surface area contributed by atoms with Gasteiger partial charge in [-0.25, -0.2) is 0 Å². The Morgan fingerprint density at radius 3 is 2.07 bits per heavy atom. The molecule has 0 aromatic carbocycles. The molecule has 0 N–H and O–H groups in total. The Bertz CT molecular complexity index is 330. The van der Waals surface area contributed by atoms with Gasteiger partial charge in [-0.05, 0) is 41.4 Å². The van der Waals surface area contributed by atoms with E-state index in [1.165, 1.54) is 22.8 Å². The van der Waals surface area contributed by atoms with Gasteiger partial charge in [-0.15, -0.1) is 22.7 Å². The van der Waals surface area contributed by atoms with Crippen LogP contribution in [0.15, 0.2) is 35.0 Å². The van der Waals surface area contributed by atoms with Gasteiger partial charge in [0.2, 0.25) is 0 Å². The maximum atomic E-state index is 2.42. The summed E-state index contributed by atoms with van der Waals surface area (Å²) in [7, 11) is 0. The molecular weight excluding hydrogens is 222 g/mol. The fourth-order valence-corrected chi connectivity index (χ4v) is 3.09. The average Bonchev–Trinajstić information content (AvgIpc) is 2.90. The van der Waals surface area contributed by atoms with E-state index in [4.69, 9.17) is 0 Å². The SMILES string of the molecule is CCCCN(c1cccs1)c1cccs1. The molecule has 0 aliphatic carbocycles. The smallest absolute Gasteiger partial charge is 0.0959 e. The van der Waals surface area contributed by atoms with Crippen molar-refractivity contribution in [2.24, 2.45) is 0 Å². The predicted octanol–water partition coefficient (Wildman–Crippen LogP) is 4.75. The minimum Gasteiger partial charge on any atom is -0.325 e. The fourth-order valence-electron chi connectivity index (χ4n) is 1.49. The number of hydrogen-bond acceptors (Lipinski definition) is 3. The highest BCUT2D eigenvalue weighted by Gasteiger charge is 2.09. The Labute approximate surface area is 99.0 Å². The second-order valence-electron chi connectivity index (χ2n) is 3.41. The summed E-state index contributed by atoms with van der Waals surface area (Å²) in [6.07, 6.45) is 2.49. The zero-order chi connectivity index (χ0) is 10.5. The van der Waals surface area contributed by atoms with Gasteiger partial charge in [0.15, 0.2) is 0 Å². The van der Waals surface area contributed by atoms with Crippen LogP contribution in [0.4, 0.5) is 10.0 Å². The lowest BCUT2D eigenvalue weighted by atomic mass is 10.3. The van der Waals surface area contributed by atoms with Crippen molar-refractivity contribution in [1.29, 1.82) is 0 Å². The first kappa shape index (κ1) is 10.7. The molecule has 0 aliphatic rings. The van der Waals surface area contributed by atoms with Crippen LogP contribution in [0.1, 0.15) is 19.8 Å². The van der Waals surface area contributed by atoms with E-state index in [0.717, 1.165) is 6.54 Å². The summed E-state index contributed by atoms with van der Waals surface area (Å²) in [5.74, 6) is 0. The molecule has 2 rings (SSSR count). The van der Waals surface area contributed by atoms with Crippen LogP contribution >= 0.6 is 22.7 Å². The van der Waals surface area contributed by atoms with E-state index in [2.05, 4.69) is 46.8 Å². The Kier molecular flexibility index (Phi) is 3.80. The van der Waals surface area contributed by atoms with Crippen molar-refractivity contribution in [2.75, 3.05) is 11.4 Å². The molecule has 0 spiro atoms. The number of rotatable bonds is 5. The molecule has 0 radical (unpaired) electrons. The average molecular weight is 237 g/mol. The Hall–Kier alpha value is -0.800. The molecule has 2 aromatic heterocycles. The number of thiophene rings is 2. The first-order valence-electron chi connectivity index (χ1n) is 5.26. The molecule has 0 atom stereocenters. The molecule has 2 heterocycles. The van der Waals surface area contributed by atoms with Gasteiger partial charge in [-0.3, -0.25) is 0 Å². The normalized spacial score (nSPS) is 10.5. The topological polar surface area (TPSA) is 3.24 Å². The van der Waals surface area contributed by atoms with E-state index in [1.54, 1.807) is 0 Å². The molecule has 0 bridgehead atoms. The van der Waals surface area contributed by atoms with E-state index in [9.17, 15) is 0 Å². The van der Waals surface area contributed by atoms with E-state index in [1.807, 2.05) is 22.7 Å². The van der Waals surface area contributed by atoms with Crippen LogP contribution in [-0.4, -0.2) is 6.54 Å². The minimum atomic E-state index is 1.12. The first-order chi connectivity index (χ1) is 7.42. The van der Waals surface area contributed by atoms with E-state index in [-0.39, 0.29) is 0 Å². The Balaban J connectivity index is 2.17. The zero-order valence-electron chi connectivity index (χ0n) is 8.85. The Morgan fingerprint density at radius 2 is 1.67 bits per heavy atom. The molecule has 15 heavy (non-hydrogen) atoms. The second kappa shape index (κ2) is 5.33. The highest BCUT2D eigenvalue weighted by atomic mass is 32.1. The third kappa shape index (κ3) is 2.61. The van der Waals surface area contributed by atoms with Crippen molar-refractivity contribution >= 4 is 32.7 Å². The van der Waals surface area contributed by atoms with Crippen LogP contribution in [0.2, 0.25) is 0 Å². The van der Waals surface area contributed by atoms with Crippen LogP contribution in [0.25, 0.3) is 0 Å². The van der Waals surface area contributed by atoms with Gasteiger partial charge in [0.25, 0.3) is 0 Å². The van der Waals surface area contributed by atoms with E-state index < -0.39 is 0 Å². The van der Waals surface area contributed by atoms with Gasteiger partial charge >= 0.3 is 0 Å². The van der Waals surface area contributed by atoms with Crippen LogP contribution in [0, 0.1) is 0 Å². The van der Waals surface area contributed by atoms with Gasteiger partial charge in [-0.2, -0.15) is 0 Å². The molecule has 0 unspecified atom stereocenters. The summed E-state index contributed by atoms with van der Waals surface area (Å²) in [4.78, 5) is 2.42. The highest BCUT2D eigenvalue weighted by molar-refractivity contribution is 7.16. The number of anilines is 2. The van der Waals surface area contributed by atoms with Crippen molar-refractivity contribution in [3.63, 3.8) is 0 Å². The first-order valence-corrected chi connectivity index (χ1v) is 7.02. The van der Waals surface area contributed by atoms with E-state index in [0.29, 0.717) is 0 Å². The zero-order valence-corrected chi connectivity index (χ0v) is 10.5. The quantitative estimate of drug-likeness (QED) is 0.725. The van der Waals surface area contributed by atoms with Gasteiger partial charge in [0.05, 0.1) is 10.0 Å². The van der Waals surface area contributed by atoms with Gasteiger partial charge in [0, 0.05) is 6.54 Å². The molecule has 80 valence electrons. The minimum absolute atomic E-state index is 1.12. The van der Waals surface area contributed by atoms with Crippen molar-refractivity contribution in [3.8, 4) is 0 Å². The highest BCUT2D eigenvalue weighted by Crippen LogP contribution is 2.32. The molecule has 3 heteroatoms. The van der Waals surface area contributed by atoms with Crippen LogP contribution < -0.4 is 4.90 Å². The van der Waals surface area contributed by atoms with Gasteiger partial charge in [-0.1, -0.05) is 13.3 Å². The number of nitrogens with zero attached hydrogens (tertiary/aromatic N) is 1. The molecule has 2 aromatic rings. The predicted molar refractivity (Wildman–Crippen MR) is 70.6 cm³/mol. The third-order valence-electron chi connectivity index (χ3n) is 2.28. The summed E-state index contributed by atoms with van der Waals surface area (Å²) in [5.41, 5.74) is 0.